The number of nitrogen functional groups attached to an aromatic ring is 1. The molecule has 0 aliphatic heterocycles. The molecule has 0 fully saturated rings. The van der Waals surface area contributed by atoms with Crippen LogP contribution in [0.4, 0.5) is 15.8 Å². The Kier molecular flexibility index (Phi) is 4.71. The molecule has 0 unspecified atom stereocenters. The highest BCUT2D eigenvalue weighted by Crippen LogP contribution is 2.22. The number of carboxylic acid groups (broad SMARTS) is 1. The van der Waals surface area contributed by atoms with E-state index in [-0.39, 0.29) is 29.4 Å². The number of carboxylic acids is 1. The van der Waals surface area contributed by atoms with Crippen LogP contribution in [0.1, 0.15) is 17.3 Å². The van der Waals surface area contributed by atoms with Gasteiger partial charge in [0.2, 0.25) is 0 Å². The third-order valence-electron chi connectivity index (χ3n) is 2.54. The van der Waals surface area contributed by atoms with Gasteiger partial charge in [-0.15, -0.1) is 0 Å². The van der Waals surface area contributed by atoms with E-state index in [4.69, 9.17) is 10.8 Å². The van der Waals surface area contributed by atoms with Gasteiger partial charge in [-0.1, -0.05) is 6.92 Å². The summed E-state index contributed by atoms with van der Waals surface area (Å²) in [5, 5.41) is 11.4. The Labute approximate surface area is 110 Å². The summed E-state index contributed by atoms with van der Waals surface area (Å²) >= 11 is 0. The average molecular weight is 290 g/mol. The molecule has 4 N–H and O–H groups in total. The molecular weight excluding hydrogens is 275 g/mol. The zero-order valence-corrected chi connectivity index (χ0v) is 11.1. The summed E-state index contributed by atoms with van der Waals surface area (Å²) < 4.78 is 35.9. The van der Waals surface area contributed by atoms with E-state index >= 15 is 0 Å². The van der Waals surface area contributed by atoms with Crippen molar-refractivity contribution >= 4 is 27.2 Å². The molecule has 0 saturated carbocycles. The van der Waals surface area contributed by atoms with Crippen LogP contribution >= 0.6 is 0 Å². The summed E-state index contributed by atoms with van der Waals surface area (Å²) in [6.07, 6.45) is 0. The van der Waals surface area contributed by atoms with Crippen LogP contribution in [0.25, 0.3) is 0 Å². The van der Waals surface area contributed by atoms with Gasteiger partial charge >= 0.3 is 5.97 Å². The second-order valence-electron chi connectivity index (χ2n) is 3.89. The molecule has 106 valence electrons. The normalized spacial score (nSPS) is 11.3. The molecule has 0 aliphatic carbocycles. The van der Waals surface area contributed by atoms with Crippen molar-refractivity contribution in [2.75, 3.05) is 29.1 Å². The molecule has 0 spiro atoms. The first-order chi connectivity index (χ1) is 8.76. The number of nitrogens with two attached hydrogens (primary N) is 1. The van der Waals surface area contributed by atoms with Crippen molar-refractivity contribution in [2.24, 2.45) is 0 Å². The van der Waals surface area contributed by atoms with Gasteiger partial charge in [0, 0.05) is 12.3 Å². The fourth-order valence-electron chi connectivity index (χ4n) is 1.39. The lowest BCUT2D eigenvalue weighted by molar-refractivity contribution is 0.0692. The van der Waals surface area contributed by atoms with E-state index < -0.39 is 27.2 Å². The van der Waals surface area contributed by atoms with Gasteiger partial charge in [0.1, 0.15) is 5.82 Å². The Morgan fingerprint density at radius 2 is 2.11 bits per heavy atom. The van der Waals surface area contributed by atoms with Gasteiger partial charge in [-0.2, -0.15) is 0 Å². The maximum absolute atomic E-state index is 13.4. The van der Waals surface area contributed by atoms with Gasteiger partial charge in [-0.05, 0) is 12.1 Å². The van der Waals surface area contributed by atoms with Crippen molar-refractivity contribution in [2.45, 2.75) is 6.92 Å². The van der Waals surface area contributed by atoms with Gasteiger partial charge in [-0.25, -0.2) is 17.6 Å². The first-order valence-electron chi connectivity index (χ1n) is 5.53. The van der Waals surface area contributed by atoms with E-state index in [0.29, 0.717) is 0 Å². The molecule has 0 amide bonds. The SMILES string of the molecule is CCS(=O)(=O)CCNc1cc(F)c(C(=O)O)cc1N. The van der Waals surface area contributed by atoms with Gasteiger partial charge in [0.05, 0.1) is 22.7 Å². The van der Waals surface area contributed by atoms with E-state index in [1.54, 1.807) is 0 Å². The Balaban J connectivity index is 2.81. The molecule has 8 heteroatoms. The van der Waals surface area contributed by atoms with Gasteiger partial charge in [-0.3, -0.25) is 0 Å². The lowest BCUT2D eigenvalue weighted by atomic mass is 10.1. The Morgan fingerprint density at radius 3 is 2.63 bits per heavy atom. The zero-order valence-electron chi connectivity index (χ0n) is 10.3. The monoisotopic (exact) mass is 290 g/mol. The predicted molar refractivity (Wildman–Crippen MR) is 70.6 cm³/mol. The van der Waals surface area contributed by atoms with Gasteiger partial charge < -0.3 is 16.2 Å². The topological polar surface area (TPSA) is 109 Å². The van der Waals surface area contributed by atoms with Crippen LogP contribution in [-0.2, 0) is 9.84 Å². The minimum atomic E-state index is -3.13. The first kappa shape index (κ1) is 15.2. The minimum Gasteiger partial charge on any atom is -0.478 e. The number of benzene rings is 1. The maximum atomic E-state index is 13.4. The number of aromatic carboxylic acids is 1. The van der Waals surface area contributed by atoms with Gasteiger partial charge in [0.25, 0.3) is 0 Å². The van der Waals surface area contributed by atoms with Crippen LogP contribution in [0, 0.1) is 5.82 Å². The molecule has 0 saturated heterocycles. The molecule has 0 aromatic heterocycles. The van der Waals surface area contributed by atoms with E-state index in [0.717, 1.165) is 12.1 Å². The van der Waals surface area contributed by atoms with Crippen molar-refractivity contribution in [3.63, 3.8) is 0 Å². The highest BCUT2D eigenvalue weighted by Gasteiger charge is 2.14. The summed E-state index contributed by atoms with van der Waals surface area (Å²) in [6.45, 7) is 1.61. The third-order valence-corrected chi connectivity index (χ3v) is 4.24. The van der Waals surface area contributed by atoms with Crippen LogP contribution in [0.5, 0.6) is 0 Å². The first-order valence-corrected chi connectivity index (χ1v) is 7.35. The van der Waals surface area contributed by atoms with Crippen molar-refractivity contribution in [3.05, 3.63) is 23.5 Å². The second kappa shape index (κ2) is 5.87. The number of carbonyl (C=O) groups is 1. The molecule has 0 radical (unpaired) electrons. The Hall–Kier alpha value is -1.83. The summed E-state index contributed by atoms with van der Waals surface area (Å²) in [4.78, 5) is 10.7. The van der Waals surface area contributed by atoms with E-state index in [9.17, 15) is 17.6 Å². The van der Waals surface area contributed by atoms with Crippen LogP contribution < -0.4 is 11.1 Å². The summed E-state index contributed by atoms with van der Waals surface area (Å²) in [7, 11) is -3.13. The van der Waals surface area contributed by atoms with E-state index in [1.807, 2.05) is 0 Å². The molecule has 0 heterocycles. The Bertz CT molecular complexity index is 587. The summed E-state index contributed by atoms with van der Waals surface area (Å²) in [5.74, 6) is -2.42. The van der Waals surface area contributed by atoms with Crippen molar-refractivity contribution in [1.29, 1.82) is 0 Å². The Morgan fingerprint density at radius 1 is 1.47 bits per heavy atom. The number of anilines is 2. The number of hydrogen-bond acceptors (Lipinski definition) is 5. The van der Waals surface area contributed by atoms with Crippen LogP contribution in [0.15, 0.2) is 12.1 Å². The fourth-order valence-corrected chi connectivity index (χ4v) is 2.09. The lowest BCUT2D eigenvalue weighted by Gasteiger charge is -2.10. The quantitative estimate of drug-likeness (QED) is 0.673. The van der Waals surface area contributed by atoms with Crippen molar-refractivity contribution in [1.82, 2.24) is 0 Å². The largest absolute Gasteiger partial charge is 0.478 e. The van der Waals surface area contributed by atoms with Crippen molar-refractivity contribution < 1.29 is 22.7 Å². The predicted octanol–water partition coefficient (Wildman–Crippen LogP) is 0.953. The van der Waals surface area contributed by atoms with Crippen LogP contribution in [-0.4, -0.2) is 37.5 Å². The smallest absolute Gasteiger partial charge is 0.338 e. The third kappa shape index (κ3) is 4.09. The standard InChI is InChI=1S/C11H15FN2O4S/c1-2-19(17,18)4-3-14-10-6-8(12)7(11(15)16)5-9(10)13/h5-6,14H,2-4,13H2,1H3,(H,15,16). The second-order valence-corrected chi connectivity index (χ2v) is 6.36. The molecule has 1 aromatic rings. The molecular formula is C11H15FN2O4S. The summed E-state index contributed by atoms with van der Waals surface area (Å²) in [5.41, 5.74) is 5.27. The molecule has 0 bridgehead atoms. The van der Waals surface area contributed by atoms with Crippen LogP contribution in [0.2, 0.25) is 0 Å². The number of halogens is 1. The lowest BCUT2D eigenvalue weighted by Crippen LogP contribution is -2.18. The molecule has 0 atom stereocenters. The van der Waals surface area contributed by atoms with E-state index in [1.165, 1.54) is 6.92 Å². The molecule has 0 aliphatic rings. The minimum absolute atomic E-state index is 0.0243. The molecule has 1 aromatic carbocycles. The number of sulfone groups is 1. The molecule has 6 nitrogen and oxygen atoms in total. The zero-order chi connectivity index (χ0) is 14.6. The highest BCUT2D eigenvalue weighted by atomic mass is 32.2. The van der Waals surface area contributed by atoms with E-state index in [2.05, 4.69) is 5.32 Å². The molecule has 19 heavy (non-hydrogen) atoms. The highest BCUT2D eigenvalue weighted by molar-refractivity contribution is 7.91. The van der Waals surface area contributed by atoms with Crippen molar-refractivity contribution in [3.8, 4) is 0 Å². The summed E-state index contributed by atoms with van der Waals surface area (Å²) in [6, 6.07) is 1.94. The fraction of sp³-hybridized carbons (Fsp3) is 0.364. The average Bonchev–Trinajstić information content (AvgIpc) is 2.32. The number of rotatable bonds is 6. The van der Waals surface area contributed by atoms with Gasteiger partial charge in [0.15, 0.2) is 9.84 Å². The molecule has 1 rings (SSSR count). The maximum Gasteiger partial charge on any atom is 0.338 e. The number of hydrogen-bond donors (Lipinski definition) is 3. The number of nitrogens with one attached hydrogen (secondary N) is 1. The van der Waals surface area contributed by atoms with Crippen LogP contribution in [0.3, 0.4) is 0 Å².